The Balaban J connectivity index is -0.000000399. The van der Waals surface area contributed by atoms with Crippen LogP contribution in [-0.2, 0) is 23.8 Å². The third-order valence-electron chi connectivity index (χ3n) is 3.00. The average Bonchev–Trinajstić information content (AvgIpc) is 2.83. The van der Waals surface area contributed by atoms with Crippen LogP contribution < -0.4 is 5.73 Å². The van der Waals surface area contributed by atoms with Gasteiger partial charge in [0.25, 0.3) is 0 Å². The molecule has 2 aromatic rings. The van der Waals surface area contributed by atoms with E-state index in [1.165, 1.54) is 20.9 Å². The van der Waals surface area contributed by atoms with Gasteiger partial charge in [0.05, 0.1) is 13.2 Å². The van der Waals surface area contributed by atoms with Crippen molar-refractivity contribution >= 4 is 11.9 Å². The van der Waals surface area contributed by atoms with Crippen molar-refractivity contribution in [3.63, 3.8) is 0 Å². The van der Waals surface area contributed by atoms with Crippen molar-refractivity contribution in [1.82, 2.24) is 0 Å². The zero-order chi connectivity index (χ0) is 24.2. The Morgan fingerprint density at radius 1 is 0.710 bits per heavy atom. The molecule has 0 aromatic heterocycles. The zero-order valence-corrected chi connectivity index (χ0v) is 20.0. The van der Waals surface area contributed by atoms with Crippen LogP contribution in [0.3, 0.4) is 0 Å². The van der Waals surface area contributed by atoms with Gasteiger partial charge in [-0.2, -0.15) is 0 Å². The van der Waals surface area contributed by atoms with E-state index in [0.717, 1.165) is 6.42 Å². The molecular formula is C25H41NO5. The minimum Gasteiger partial charge on any atom is -0.466 e. The summed E-state index contributed by atoms with van der Waals surface area (Å²) in [5.41, 5.74) is 4.50. The summed E-state index contributed by atoms with van der Waals surface area (Å²) < 4.78 is 14.4. The van der Waals surface area contributed by atoms with Crippen molar-refractivity contribution in [1.29, 1.82) is 0 Å². The highest BCUT2D eigenvalue weighted by Crippen LogP contribution is 2.02. The summed E-state index contributed by atoms with van der Waals surface area (Å²) in [6.45, 7) is 9.52. The van der Waals surface area contributed by atoms with E-state index in [9.17, 15) is 9.59 Å². The number of hydrogen-bond acceptors (Lipinski definition) is 6. The average molecular weight is 436 g/mol. The maximum Gasteiger partial charge on any atom is 0.304 e. The second-order valence-corrected chi connectivity index (χ2v) is 5.67. The number of carbonyl (C=O) groups is 2. The van der Waals surface area contributed by atoms with Gasteiger partial charge in [0.2, 0.25) is 0 Å². The number of rotatable bonds is 7. The second kappa shape index (κ2) is 29.5. The highest BCUT2D eigenvalue weighted by molar-refractivity contribution is 5.66. The van der Waals surface area contributed by atoms with Crippen molar-refractivity contribution in [3.8, 4) is 0 Å². The van der Waals surface area contributed by atoms with Crippen LogP contribution in [0.2, 0.25) is 0 Å². The third-order valence-corrected chi connectivity index (χ3v) is 3.00. The maximum absolute atomic E-state index is 10.5. The van der Waals surface area contributed by atoms with Crippen LogP contribution in [0, 0.1) is 5.92 Å². The highest BCUT2D eigenvalue weighted by Gasteiger charge is 2.04. The molecule has 1 unspecified atom stereocenters. The van der Waals surface area contributed by atoms with Crippen molar-refractivity contribution in [2.75, 3.05) is 27.1 Å². The molecule has 2 aromatic carbocycles. The summed E-state index contributed by atoms with van der Waals surface area (Å²) in [6, 6.07) is 24.0. The normalized spacial score (nSPS) is 9.26. The van der Waals surface area contributed by atoms with Gasteiger partial charge in [-0.25, -0.2) is 0 Å². The van der Waals surface area contributed by atoms with Crippen molar-refractivity contribution < 1.29 is 23.8 Å². The Hall–Kier alpha value is -2.70. The molecule has 0 saturated heterocycles. The molecular weight excluding hydrogens is 394 g/mol. The molecule has 2 N–H and O–H groups in total. The van der Waals surface area contributed by atoms with Crippen LogP contribution in [-0.4, -0.2) is 39.0 Å². The van der Waals surface area contributed by atoms with Crippen LogP contribution in [0.5, 0.6) is 0 Å². The monoisotopic (exact) mass is 435 g/mol. The molecule has 6 nitrogen and oxygen atoms in total. The lowest BCUT2D eigenvalue weighted by molar-refractivity contribution is -0.154. The molecule has 0 aliphatic rings. The number of esters is 2. The fourth-order valence-electron chi connectivity index (χ4n) is 1.58. The van der Waals surface area contributed by atoms with E-state index in [-0.39, 0.29) is 24.6 Å². The van der Waals surface area contributed by atoms with Crippen LogP contribution in [0.1, 0.15) is 41.0 Å². The summed E-state index contributed by atoms with van der Waals surface area (Å²) in [5.74, 6) is -0.392. The van der Waals surface area contributed by atoms with E-state index in [2.05, 4.69) is 10.5 Å². The van der Waals surface area contributed by atoms with E-state index < -0.39 is 0 Å². The lowest BCUT2D eigenvalue weighted by Gasteiger charge is -2.11. The van der Waals surface area contributed by atoms with E-state index in [1.54, 1.807) is 0 Å². The fourth-order valence-corrected chi connectivity index (χ4v) is 1.58. The third kappa shape index (κ3) is 35.1. The van der Waals surface area contributed by atoms with Gasteiger partial charge in [-0.15, -0.1) is 0 Å². The lowest BCUT2D eigenvalue weighted by Crippen LogP contribution is -2.13. The Morgan fingerprint density at radius 3 is 1.32 bits per heavy atom. The van der Waals surface area contributed by atoms with E-state index in [4.69, 9.17) is 9.47 Å². The van der Waals surface area contributed by atoms with Crippen molar-refractivity contribution in [2.45, 2.75) is 41.0 Å². The van der Waals surface area contributed by atoms with Gasteiger partial charge in [-0.1, -0.05) is 93.6 Å². The minimum absolute atomic E-state index is 0.0182. The van der Waals surface area contributed by atoms with Gasteiger partial charge in [-0.3, -0.25) is 9.59 Å². The standard InChI is InChI=1S/C10H18O5.2C6H6.C2H6.CH5N/c1-8(6-14-9(2)11)4-5-13-7-15-10(3)12;2*1-2-4-6-5-3-1;2*1-2/h8H,4-7H2,1-3H3;2*1-6H;1-2H3;2H2,1H3. The summed E-state index contributed by atoms with van der Waals surface area (Å²) in [4.78, 5) is 20.8. The topological polar surface area (TPSA) is 87.9 Å². The molecule has 0 saturated carbocycles. The Bertz CT molecular complexity index is 494. The van der Waals surface area contributed by atoms with Gasteiger partial charge in [0.15, 0.2) is 6.79 Å². The summed E-state index contributed by atoms with van der Waals surface area (Å²) >= 11 is 0. The molecule has 0 aliphatic heterocycles. The molecule has 0 aliphatic carbocycles. The summed E-state index contributed by atoms with van der Waals surface area (Å²) in [5, 5.41) is 0. The first-order valence-corrected chi connectivity index (χ1v) is 10.4. The molecule has 0 bridgehead atoms. The largest absolute Gasteiger partial charge is 0.466 e. The van der Waals surface area contributed by atoms with Crippen LogP contribution in [0.15, 0.2) is 72.8 Å². The number of benzene rings is 2. The number of nitrogens with two attached hydrogens (primary N) is 1. The fraction of sp³-hybridized carbons (Fsp3) is 0.440. The summed E-state index contributed by atoms with van der Waals surface area (Å²) in [7, 11) is 1.50. The SMILES string of the molecule is CC.CC(=O)OCOCCC(C)COC(C)=O.CN.c1ccccc1.c1ccccc1. The van der Waals surface area contributed by atoms with Gasteiger partial charge in [0, 0.05) is 13.8 Å². The zero-order valence-electron chi connectivity index (χ0n) is 20.0. The van der Waals surface area contributed by atoms with Gasteiger partial charge in [0.1, 0.15) is 0 Å². The first kappa shape index (κ1) is 33.0. The van der Waals surface area contributed by atoms with Crippen LogP contribution >= 0.6 is 0 Å². The van der Waals surface area contributed by atoms with E-state index in [1.807, 2.05) is 93.6 Å². The molecule has 176 valence electrons. The molecule has 31 heavy (non-hydrogen) atoms. The van der Waals surface area contributed by atoms with Gasteiger partial charge in [-0.05, 0) is 19.4 Å². The molecule has 0 spiro atoms. The number of carbonyl (C=O) groups excluding carboxylic acids is 2. The Kier molecular flexibility index (Phi) is 31.4. The maximum atomic E-state index is 10.5. The predicted molar refractivity (Wildman–Crippen MR) is 127 cm³/mol. The van der Waals surface area contributed by atoms with Crippen LogP contribution in [0.25, 0.3) is 0 Å². The minimum atomic E-state index is -0.358. The molecule has 1 atom stereocenters. The van der Waals surface area contributed by atoms with Gasteiger partial charge < -0.3 is 19.9 Å². The van der Waals surface area contributed by atoms with Crippen LogP contribution in [0.4, 0.5) is 0 Å². The Labute approximate surface area is 188 Å². The first-order valence-electron chi connectivity index (χ1n) is 10.4. The molecule has 0 fully saturated rings. The number of ether oxygens (including phenoxy) is 3. The summed E-state index contributed by atoms with van der Waals surface area (Å²) in [6.07, 6.45) is 0.758. The molecule has 0 radical (unpaired) electrons. The highest BCUT2D eigenvalue weighted by atomic mass is 16.7. The van der Waals surface area contributed by atoms with Crippen molar-refractivity contribution in [2.24, 2.45) is 11.7 Å². The molecule has 0 heterocycles. The predicted octanol–water partition coefficient (Wildman–Crippen LogP) is 5.09. The lowest BCUT2D eigenvalue weighted by atomic mass is 10.1. The quantitative estimate of drug-likeness (QED) is 0.370. The van der Waals surface area contributed by atoms with Gasteiger partial charge >= 0.3 is 11.9 Å². The molecule has 0 amide bonds. The number of hydrogen-bond donors (Lipinski definition) is 1. The second-order valence-electron chi connectivity index (χ2n) is 5.67. The van der Waals surface area contributed by atoms with E-state index in [0.29, 0.717) is 13.2 Å². The van der Waals surface area contributed by atoms with E-state index >= 15 is 0 Å². The molecule has 6 heteroatoms. The first-order chi connectivity index (χ1) is 15.0. The molecule has 2 rings (SSSR count). The Morgan fingerprint density at radius 2 is 1.03 bits per heavy atom. The smallest absolute Gasteiger partial charge is 0.304 e. The van der Waals surface area contributed by atoms with Crippen molar-refractivity contribution in [3.05, 3.63) is 72.8 Å².